The molecule has 0 saturated heterocycles. The molecule has 7 rings (SSSR count). The summed E-state index contributed by atoms with van der Waals surface area (Å²) in [4.78, 5) is 6.91. The SMILES string of the molecule is Cc1cc(I)c(-c2sc3c(sc4cc5c(cc43)sc3c(I)c(-c4sc(N)cc4I)sc35)c2I)s1. The second kappa shape index (κ2) is 8.86. The van der Waals surface area contributed by atoms with Crippen LogP contribution in [-0.2, 0) is 0 Å². The average molecular weight is 999 g/mol. The molecule has 6 aromatic heterocycles. The minimum atomic E-state index is 0.888. The molecule has 1 nitrogen and oxygen atoms in total. The van der Waals surface area contributed by atoms with E-state index in [2.05, 4.69) is 122 Å². The predicted octanol–water partition coefficient (Wildman–Crippen LogP) is 12.3. The molecule has 0 fully saturated rings. The molecule has 0 spiro atoms. The molecule has 34 heavy (non-hydrogen) atoms. The van der Waals surface area contributed by atoms with Gasteiger partial charge in [0, 0.05) is 32.2 Å². The van der Waals surface area contributed by atoms with Crippen LogP contribution in [0.1, 0.15) is 4.88 Å². The van der Waals surface area contributed by atoms with Gasteiger partial charge in [-0.3, -0.25) is 0 Å². The van der Waals surface area contributed by atoms with E-state index in [4.69, 9.17) is 5.73 Å². The summed E-state index contributed by atoms with van der Waals surface area (Å²) >= 11 is 21.4. The van der Waals surface area contributed by atoms with Crippen LogP contribution in [0.4, 0.5) is 5.00 Å². The van der Waals surface area contributed by atoms with E-state index in [0.29, 0.717) is 0 Å². The van der Waals surface area contributed by atoms with Crippen LogP contribution in [0.5, 0.6) is 0 Å². The minimum Gasteiger partial charge on any atom is -0.391 e. The Kier molecular flexibility index (Phi) is 6.31. The van der Waals surface area contributed by atoms with Gasteiger partial charge < -0.3 is 5.73 Å². The summed E-state index contributed by atoms with van der Waals surface area (Å²) in [5, 5.41) is 3.70. The quantitative estimate of drug-likeness (QED) is 0.172. The Morgan fingerprint density at radius 3 is 1.50 bits per heavy atom. The summed E-state index contributed by atoms with van der Waals surface area (Å²) in [5.74, 6) is 0. The van der Waals surface area contributed by atoms with Crippen molar-refractivity contribution in [1.29, 1.82) is 0 Å². The molecule has 11 heteroatoms. The Morgan fingerprint density at radius 2 is 1.06 bits per heavy atom. The van der Waals surface area contributed by atoms with E-state index in [0.717, 1.165) is 5.00 Å². The Hall–Kier alpha value is 1.18. The number of fused-ring (bicyclic) bond motifs is 6. The highest BCUT2D eigenvalue weighted by Gasteiger charge is 2.23. The van der Waals surface area contributed by atoms with Crippen molar-refractivity contribution in [2.75, 3.05) is 5.73 Å². The highest BCUT2D eigenvalue weighted by Crippen LogP contribution is 2.53. The van der Waals surface area contributed by atoms with E-state index >= 15 is 0 Å². The van der Waals surface area contributed by atoms with Gasteiger partial charge >= 0.3 is 0 Å². The van der Waals surface area contributed by atoms with Gasteiger partial charge in [0.25, 0.3) is 0 Å². The van der Waals surface area contributed by atoms with Crippen LogP contribution in [0.15, 0.2) is 24.3 Å². The van der Waals surface area contributed by atoms with Gasteiger partial charge in [0.05, 0.1) is 50.4 Å². The largest absolute Gasteiger partial charge is 0.391 e. The third-order valence-corrected chi connectivity index (χ3v) is 19.0. The van der Waals surface area contributed by atoms with Crippen molar-refractivity contribution in [3.63, 3.8) is 0 Å². The lowest BCUT2D eigenvalue weighted by Crippen LogP contribution is -1.73. The Labute approximate surface area is 273 Å². The molecular formula is C23H9I4NS6. The van der Waals surface area contributed by atoms with Crippen LogP contribution in [0, 0.1) is 21.2 Å². The number of benzene rings is 1. The summed E-state index contributed by atoms with van der Waals surface area (Å²) in [6.07, 6.45) is 0. The number of halogens is 4. The second-order valence-electron chi connectivity index (χ2n) is 7.72. The first-order chi connectivity index (χ1) is 16.3. The number of aryl methyl sites for hydroxylation is 1. The molecule has 7 aromatic rings. The number of anilines is 1. The monoisotopic (exact) mass is 999 g/mol. The van der Waals surface area contributed by atoms with Crippen molar-refractivity contribution in [1.82, 2.24) is 0 Å². The van der Waals surface area contributed by atoms with E-state index in [9.17, 15) is 0 Å². The van der Waals surface area contributed by atoms with Gasteiger partial charge in [-0.1, -0.05) is 0 Å². The lowest BCUT2D eigenvalue weighted by atomic mass is 10.2. The van der Waals surface area contributed by atoms with Gasteiger partial charge in [0.15, 0.2) is 0 Å². The molecule has 6 heterocycles. The van der Waals surface area contributed by atoms with Gasteiger partial charge in [0.1, 0.15) is 0 Å². The van der Waals surface area contributed by atoms with E-state index in [-0.39, 0.29) is 0 Å². The fourth-order valence-electron chi connectivity index (χ4n) is 4.10. The molecule has 0 aliphatic rings. The predicted molar refractivity (Wildman–Crippen MR) is 195 cm³/mol. The fraction of sp³-hybridized carbons (Fsp3) is 0.0435. The van der Waals surface area contributed by atoms with E-state index in [1.54, 1.807) is 11.3 Å². The van der Waals surface area contributed by atoms with Crippen LogP contribution < -0.4 is 5.73 Å². The zero-order valence-electron chi connectivity index (χ0n) is 16.8. The highest BCUT2D eigenvalue weighted by atomic mass is 127. The number of hydrogen-bond donors (Lipinski definition) is 1. The van der Waals surface area contributed by atoms with E-state index < -0.39 is 0 Å². The molecule has 0 aliphatic carbocycles. The van der Waals surface area contributed by atoms with Crippen molar-refractivity contribution >= 4 is 202 Å². The van der Waals surface area contributed by atoms with Gasteiger partial charge in [-0.05, 0) is 122 Å². The summed E-state index contributed by atoms with van der Waals surface area (Å²) in [6, 6.07) is 9.27. The summed E-state index contributed by atoms with van der Waals surface area (Å²) in [5.41, 5.74) is 6.11. The first-order valence-electron chi connectivity index (χ1n) is 9.80. The third kappa shape index (κ3) is 3.64. The van der Waals surface area contributed by atoms with E-state index in [1.165, 1.54) is 77.6 Å². The zero-order chi connectivity index (χ0) is 23.5. The van der Waals surface area contributed by atoms with Crippen LogP contribution in [0.2, 0.25) is 0 Å². The molecule has 0 amide bonds. The number of thiophene rings is 6. The topological polar surface area (TPSA) is 26.0 Å². The lowest BCUT2D eigenvalue weighted by molar-refractivity contribution is 1.62. The summed E-state index contributed by atoms with van der Waals surface area (Å²) in [7, 11) is 0. The molecule has 1 aromatic carbocycles. The maximum atomic E-state index is 6.11. The van der Waals surface area contributed by atoms with Crippen LogP contribution in [-0.4, -0.2) is 0 Å². The van der Waals surface area contributed by atoms with Crippen molar-refractivity contribution in [3.8, 4) is 19.5 Å². The van der Waals surface area contributed by atoms with Gasteiger partial charge in [-0.25, -0.2) is 0 Å². The molecular weight excluding hydrogens is 990 g/mol. The maximum Gasteiger partial charge on any atom is 0.0874 e. The molecule has 2 N–H and O–H groups in total. The Morgan fingerprint density at radius 1 is 0.559 bits per heavy atom. The molecule has 0 unspecified atom stereocenters. The van der Waals surface area contributed by atoms with Crippen molar-refractivity contribution in [2.45, 2.75) is 6.92 Å². The van der Waals surface area contributed by atoms with E-state index in [1.807, 2.05) is 56.7 Å². The minimum absolute atomic E-state index is 0.888. The van der Waals surface area contributed by atoms with Crippen LogP contribution in [0.3, 0.4) is 0 Å². The lowest BCUT2D eigenvalue weighted by Gasteiger charge is -1.97. The van der Waals surface area contributed by atoms with Gasteiger partial charge in [0.2, 0.25) is 0 Å². The Balaban J connectivity index is 1.46. The standard InChI is InChI=1S/C23H9I4NS6/c1-6-2-9(24)18(29-6)22-14(26)20-16(33-22)7-3-12-8(4-11(7)30-20)17-21(31-12)15(27)23(34-17)19-10(25)5-13(28)32-19/h2-5H,28H2,1H3. The first kappa shape index (κ1) is 24.2. The molecule has 0 radical (unpaired) electrons. The summed E-state index contributed by atoms with van der Waals surface area (Å²) < 4.78 is 13.9. The van der Waals surface area contributed by atoms with Crippen LogP contribution in [0.25, 0.3) is 58.5 Å². The first-order valence-corrected chi connectivity index (χ1v) is 19.0. The fourth-order valence-corrected chi connectivity index (χ4v) is 17.2. The number of rotatable bonds is 2. The average Bonchev–Trinajstić information content (AvgIpc) is 3.59. The normalized spacial score (nSPS) is 12.4. The van der Waals surface area contributed by atoms with Gasteiger partial charge in [-0.2, -0.15) is 0 Å². The maximum absolute atomic E-state index is 6.11. The number of nitrogens with two attached hydrogens (primary N) is 1. The second-order valence-corrected chi connectivity index (χ2v) is 18.7. The highest BCUT2D eigenvalue weighted by molar-refractivity contribution is 14.1. The van der Waals surface area contributed by atoms with Crippen molar-refractivity contribution < 1.29 is 0 Å². The van der Waals surface area contributed by atoms with Crippen molar-refractivity contribution in [3.05, 3.63) is 43.4 Å². The molecule has 170 valence electrons. The Bertz CT molecular complexity index is 1800. The van der Waals surface area contributed by atoms with Crippen LogP contribution >= 0.6 is 158 Å². The zero-order valence-corrected chi connectivity index (χ0v) is 30.4. The molecule has 0 saturated carbocycles. The number of nitrogen functional groups attached to an aromatic ring is 1. The smallest absolute Gasteiger partial charge is 0.0874 e. The number of hydrogen-bond acceptors (Lipinski definition) is 7. The molecule has 0 bridgehead atoms. The van der Waals surface area contributed by atoms with Crippen molar-refractivity contribution in [2.24, 2.45) is 0 Å². The molecule has 0 aliphatic heterocycles. The summed E-state index contributed by atoms with van der Waals surface area (Å²) in [6.45, 7) is 2.20. The van der Waals surface area contributed by atoms with Gasteiger partial charge in [-0.15, -0.1) is 68.0 Å². The molecule has 0 atom stereocenters. The third-order valence-electron chi connectivity index (χ3n) is 5.54.